The third-order valence-corrected chi connectivity index (χ3v) is 4.13. The molecular formula is C10H11N5S2. The molecule has 0 bridgehead atoms. The minimum absolute atomic E-state index is 0.779. The van der Waals surface area contributed by atoms with Crippen LogP contribution in [0.3, 0.4) is 0 Å². The second-order valence-electron chi connectivity index (χ2n) is 3.69. The maximum Gasteiger partial charge on any atom is 0.234 e. The lowest BCUT2D eigenvalue weighted by Gasteiger charge is -1.90. The molecule has 0 saturated heterocycles. The van der Waals surface area contributed by atoms with E-state index in [-0.39, 0.29) is 0 Å². The molecule has 0 spiro atoms. The van der Waals surface area contributed by atoms with Crippen LogP contribution < -0.4 is 0 Å². The molecule has 5 nitrogen and oxygen atoms in total. The van der Waals surface area contributed by atoms with Crippen molar-refractivity contribution in [1.29, 1.82) is 0 Å². The molecule has 0 fully saturated rings. The molecule has 0 radical (unpaired) electrons. The highest BCUT2D eigenvalue weighted by atomic mass is 32.1. The Morgan fingerprint density at radius 1 is 1.35 bits per heavy atom. The summed E-state index contributed by atoms with van der Waals surface area (Å²) in [7, 11) is 0. The molecule has 0 aromatic carbocycles. The number of hydrogen-bond donors (Lipinski definition) is 0. The maximum absolute atomic E-state index is 4.52. The Labute approximate surface area is 106 Å². The molecule has 3 heterocycles. The number of aryl methyl sites for hydroxylation is 2. The van der Waals surface area contributed by atoms with Gasteiger partial charge in [0.1, 0.15) is 5.01 Å². The van der Waals surface area contributed by atoms with E-state index in [0.717, 1.165) is 39.3 Å². The highest BCUT2D eigenvalue weighted by Gasteiger charge is 2.11. The molecule has 0 N–H and O–H groups in total. The molecule has 7 heteroatoms. The molecule has 0 amide bonds. The Bertz CT molecular complexity index is 651. The number of hydrogen-bond acceptors (Lipinski definition) is 6. The van der Waals surface area contributed by atoms with Gasteiger partial charge in [0.25, 0.3) is 0 Å². The van der Waals surface area contributed by atoms with E-state index < -0.39 is 0 Å². The van der Waals surface area contributed by atoms with Crippen LogP contribution in [0.2, 0.25) is 0 Å². The van der Waals surface area contributed by atoms with Crippen molar-refractivity contribution >= 4 is 27.6 Å². The summed E-state index contributed by atoms with van der Waals surface area (Å²) < 4.78 is 1.83. The first kappa shape index (κ1) is 10.8. The number of fused-ring (bicyclic) bond motifs is 1. The fourth-order valence-corrected chi connectivity index (χ4v) is 3.11. The molecule has 3 aromatic heterocycles. The second-order valence-corrected chi connectivity index (χ2v) is 5.80. The molecule has 3 aromatic rings. The summed E-state index contributed by atoms with van der Waals surface area (Å²) in [5.74, 6) is 0.914. The number of nitrogens with zero attached hydrogens (tertiary/aromatic N) is 5. The van der Waals surface area contributed by atoms with E-state index in [4.69, 9.17) is 0 Å². The van der Waals surface area contributed by atoms with Gasteiger partial charge in [-0.1, -0.05) is 18.3 Å². The van der Waals surface area contributed by atoms with Crippen LogP contribution in [0.15, 0.2) is 5.38 Å². The van der Waals surface area contributed by atoms with Crippen molar-refractivity contribution in [2.24, 2.45) is 0 Å². The summed E-state index contributed by atoms with van der Waals surface area (Å²) in [5, 5.41) is 16.9. The number of rotatable bonds is 3. The van der Waals surface area contributed by atoms with Crippen LogP contribution in [0.4, 0.5) is 0 Å². The third kappa shape index (κ3) is 1.96. The smallest absolute Gasteiger partial charge is 0.234 e. The van der Waals surface area contributed by atoms with Gasteiger partial charge in [-0.2, -0.15) is 9.61 Å². The van der Waals surface area contributed by atoms with Crippen molar-refractivity contribution in [2.75, 3.05) is 0 Å². The number of thiazole rings is 1. The van der Waals surface area contributed by atoms with Crippen LogP contribution in [-0.2, 0) is 12.8 Å². The van der Waals surface area contributed by atoms with E-state index in [9.17, 15) is 0 Å². The Balaban J connectivity index is 1.93. The monoisotopic (exact) mass is 265 g/mol. The fraction of sp³-hybridized carbons (Fsp3) is 0.400. The average molecular weight is 265 g/mol. The zero-order valence-electron chi connectivity index (χ0n) is 9.54. The van der Waals surface area contributed by atoms with E-state index in [1.807, 2.05) is 11.4 Å². The normalized spacial score (nSPS) is 11.4. The first-order valence-corrected chi connectivity index (χ1v) is 7.07. The summed E-state index contributed by atoms with van der Waals surface area (Å²) in [6.07, 6.45) is 1.63. The Hall–Kier alpha value is -1.34. The summed E-state index contributed by atoms with van der Waals surface area (Å²) in [5.41, 5.74) is 1.08. The zero-order chi connectivity index (χ0) is 11.8. The van der Waals surface area contributed by atoms with E-state index in [0.29, 0.717) is 0 Å². The summed E-state index contributed by atoms with van der Waals surface area (Å²) in [6.45, 7) is 4.07. The quantitative estimate of drug-likeness (QED) is 0.727. The van der Waals surface area contributed by atoms with Gasteiger partial charge in [-0.3, -0.25) is 0 Å². The molecule has 0 aliphatic carbocycles. The van der Waals surface area contributed by atoms with Gasteiger partial charge in [-0.25, -0.2) is 4.98 Å². The van der Waals surface area contributed by atoms with Crippen molar-refractivity contribution in [3.8, 4) is 0 Å². The molecule has 0 saturated carbocycles. The molecular weight excluding hydrogens is 254 g/mol. The minimum Gasteiger partial charge on any atom is -0.246 e. The maximum atomic E-state index is 4.52. The predicted molar refractivity (Wildman–Crippen MR) is 67.7 cm³/mol. The lowest BCUT2D eigenvalue weighted by atomic mass is 10.4. The molecule has 3 rings (SSSR count). The first-order valence-electron chi connectivity index (χ1n) is 5.37. The lowest BCUT2D eigenvalue weighted by Crippen LogP contribution is -1.95. The summed E-state index contributed by atoms with van der Waals surface area (Å²) in [4.78, 5) is 5.31. The van der Waals surface area contributed by atoms with Crippen LogP contribution in [0, 0.1) is 6.92 Å². The van der Waals surface area contributed by atoms with Crippen molar-refractivity contribution < 1.29 is 0 Å². The van der Waals surface area contributed by atoms with Crippen molar-refractivity contribution in [1.82, 2.24) is 24.8 Å². The van der Waals surface area contributed by atoms with E-state index in [1.165, 1.54) is 0 Å². The van der Waals surface area contributed by atoms with Gasteiger partial charge >= 0.3 is 0 Å². The SMILES string of the molecule is CCc1nnc2sc(Cc3csc(C)n3)nn12. The Kier molecular flexibility index (Phi) is 2.64. The van der Waals surface area contributed by atoms with Gasteiger partial charge in [0.15, 0.2) is 5.82 Å². The molecule has 0 atom stereocenters. The number of aromatic nitrogens is 5. The van der Waals surface area contributed by atoms with Gasteiger partial charge in [-0.15, -0.1) is 21.5 Å². The standard InChI is InChI=1S/C10H11N5S2/c1-3-8-12-13-10-15(8)14-9(17-10)4-7-5-16-6(2)11-7/h5H,3-4H2,1-2H3. The molecule has 0 unspecified atom stereocenters. The summed E-state index contributed by atoms with van der Waals surface area (Å²) >= 11 is 3.25. The van der Waals surface area contributed by atoms with Gasteiger partial charge < -0.3 is 0 Å². The van der Waals surface area contributed by atoms with Crippen LogP contribution in [0.25, 0.3) is 4.96 Å². The van der Waals surface area contributed by atoms with Crippen LogP contribution in [0.5, 0.6) is 0 Å². The molecule has 17 heavy (non-hydrogen) atoms. The largest absolute Gasteiger partial charge is 0.246 e. The van der Waals surface area contributed by atoms with Crippen LogP contribution in [0.1, 0.15) is 28.5 Å². The third-order valence-electron chi connectivity index (χ3n) is 2.41. The van der Waals surface area contributed by atoms with Crippen LogP contribution >= 0.6 is 22.7 Å². The van der Waals surface area contributed by atoms with Crippen LogP contribution in [-0.4, -0.2) is 24.8 Å². The van der Waals surface area contributed by atoms with Gasteiger partial charge in [0, 0.05) is 18.2 Å². The van der Waals surface area contributed by atoms with E-state index >= 15 is 0 Å². The first-order chi connectivity index (χ1) is 8.26. The zero-order valence-corrected chi connectivity index (χ0v) is 11.2. The minimum atomic E-state index is 0.779. The highest BCUT2D eigenvalue weighted by Crippen LogP contribution is 2.18. The van der Waals surface area contributed by atoms with Crippen molar-refractivity contribution in [3.63, 3.8) is 0 Å². The summed E-state index contributed by atoms with van der Waals surface area (Å²) in [6, 6.07) is 0. The fourth-order valence-electron chi connectivity index (χ4n) is 1.63. The predicted octanol–water partition coefficient (Wildman–Crippen LogP) is 2.10. The molecule has 0 aliphatic heterocycles. The Morgan fingerprint density at radius 3 is 2.94 bits per heavy atom. The van der Waals surface area contributed by atoms with Crippen molar-refractivity contribution in [2.45, 2.75) is 26.7 Å². The second kappa shape index (κ2) is 4.15. The van der Waals surface area contributed by atoms with Gasteiger partial charge in [0.05, 0.1) is 10.7 Å². The van der Waals surface area contributed by atoms with Gasteiger partial charge in [-0.05, 0) is 6.92 Å². The van der Waals surface area contributed by atoms with E-state index in [2.05, 4.69) is 32.6 Å². The molecule has 88 valence electrons. The topological polar surface area (TPSA) is 56.0 Å². The van der Waals surface area contributed by atoms with Crippen molar-refractivity contribution in [3.05, 3.63) is 26.9 Å². The van der Waals surface area contributed by atoms with Gasteiger partial charge in [0.2, 0.25) is 4.96 Å². The Morgan fingerprint density at radius 2 is 2.24 bits per heavy atom. The van der Waals surface area contributed by atoms with E-state index in [1.54, 1.807) is 22.7 Å². The highest BCUT2D eigenvalue weighted by molar-refractivity contribution is 7.16. The molecule has 0 aliphatic rings. The lowest BCUT2D eigenvalue weighted by molar-refractivity contribution is 0.815. The average Bonchev–Trinajstić information content (AvgIpc) is 2.94.